The molecule has 2 aromatic heterocycles. The van der Waals surface area contributed by atoms with Crippen LogP contribution in [0.15, 0.2) is 66.9 Å². The molecule has 0 bridgehead atoms. The van der Waals surface area contributed by atoms with Gasteiger partial charge >= 0.3 is 0 Å². The van der Waals surface area contributed by atoms with Crippen molar-refractivity contribution >= 4 is 22.5 Å². The number of pyridine rings is 1. The van der Waals surface area contributed by atoms with Crippen LogP contribution in [-0.4, -0.2) is 47.4 Å². The summed E-state index contributed by atoms with van der Waals surface area (Å²) < 4.78 is 5.39. The second kappa shape index (κ2) is 7.92. The van der Waals surface area contributed by atoms with Gasteiger partial charge in [-0.3, -0.25) is 14.9 Å². The number of aromatic nitrogens is 3. The third-order valence-corrected chi connectivity index (χ3v) is 7.59. The molecule has 7 heteroatoms. The van der Waals surface area contributed by atoms with E-state index in [1.54, 1.807) is 6.20 Å². The molecule has 4 aromatic rings. The molecular formula is C28H27N5O2. The molecule has 1 saturated carbocycles. The first-order valence-corrected chi connectivity index (χ1v) is 12.3. The highest BCUT2D eigenvalue weighted by molar-refractivity contribution is 6.01. The molecule has 35 heavy (non-hydrogen) atoms. The van der Waals surface area contributed by atoms with E-state index in [9.17, 15) is 4.79 Å². The zero-order valence-electron chi connectivity index (χ0n) is 19.4. The van der Waals surface area contributed by atoms with Gasteiger partial charge in [0.25, 0.3) is 5.91 Å². The lowest BCUT2D eigenvalue weighted by atomic mass is 9.78. The van der Waals surface area contributed by atoms with E-state index in [0.29, 0.717) is 16.9 Å². The summed E-state index contributed by atoms with van der Waals surface area (Å²) in [6, 6.07) is 20.1. The van der Waals surface area contributed by atoms with Gasteiger partial charge in [0.05, 0.1) is 41.6 Å². The lowest BCUT2D eigenvalue weighted by Gasteiger charge is -2.56. The van der Waals surface area contributed by atoms with Crippen molar-refractivity contribution in [2.75, 3.05) is 31.2 Å². The van der Waals surface area contributed by atoms with E-state index in [-0.39, 0.29) is 11.9 Å². The summed E-state index contributed by atoms with van der Waals surface area (Å²) in [6.07, 6.45) is 4.02. The van der Waals surface area contributed by atoms with Gasteiger partial charge in [0.1, 0.15) is 0 Å². The number of amides is 1. The third-order valence-electron chi connectivity index (χ3n) is 7.59. The van der Waals surface area contributed by atoms with E-state index < -0.39 is 0 Å². The number of hydrogen-bond acceptors (Lipinski definition) is 5. The molecule has 3 aliphatic rings. The number of ether oxygens (including phenoxy) is 1. The van der Waals surface area contributed by atoms with Crippen molar-refractivity contribution in [1.82, 2.24) is 20.5 Å². The molecule has 3 fully saturated rings. The molecule has 1 atom stereocenters. The number of nitrogens with zero attached hydrogens (tertiary/aromatic N) is 3. The van der Waals surface area contributed by atoms with Gasteiger partial charge in [0.2, 0.25) is 0 Å². The van der Waals surface area contributed by atoms with Crippen molar-refractivity contribution in [3.8, 4) is 11.3 Å². The van der Waals surface area contributed by atoms with Gasteiger partial charge in [-0.1, -0.05) is 18.2 Å². The molecule has 0 radical (unpaired) electrons. The summed E-state index contributed by atoms with van der Waals surface area (Å²) in [5.74, 6) is 0.377. The van der Waals surface area contributed by atoms with Crippen LogP contribution in [0.5, 0.6) is 0 Å². The number of H-pyrrole nitrogens is 1. The van der Waals surface area contributed by atoms with Crippen LogP contribution in [0.25, 0.3) is 22.2 Å². The van der Waals surface area contributed by atoms with Gasteiger partial charge in [-0.25, -0.2) is 0 Å². The Bertz CT molecular complexity index is 1380. The minimum atomic E-state index is -0.0800. The maximum atomic E-state index is 13.2. The zero-order chi connectivity index (χ0) is 23.4. The Morgan fingerprint density at radius 3 is 2.60 bits per heavy atom. The quantitative estimate of drug-likeness (QED) is 0.443. The van der Waals surface area contributed by atoms with Gasteiger partial charge in [-0.2, -0.15) is 5.10 Å². The van der Waals surface area contributed by atoms with Crippen molar-refractivity contribution in [3.05, 3.63) is 78.1 Å². The van der Waals surface area contributed by atoms with Gasteiger partial charge < -0.3 is 15.0 Å². The van der Waals surface area contributed by atoms with E-state index in [4.69, 9.17) is 4.74 Å². The molecule has 1 amide bonds. The maximum absolute atomic E-state index is 13.2. The van der Waals surface area contributed by atoms with Crippen molar-refractivity contribution in [2.24, 2.45) is 11.3 Å². The molecule has 176 valence electrons. The monoisotopic (exact) mass is 465 g/mol. The molecular weight excluding hydrogens is 438 g/mol. The largest absolute Gasteiger partial charge is 0.380 e. The fourth-order valence-electron chi connectivity index (χ4n) is 5.37. The molecule has 2 aliphatic heterocycles. The van der Waals surface area contributed by atoms with Crippen molar-refractivity contribution in [2.45, 2.75) is 18.9 Å². The average Bonchev–Trinajstić information content (AvgIpc) is 3.60. The predicted octanol–water partition coefficient (Wildman–Crippen LogP) is 4.34. The van der Waals surface area contributed by atoms with Crippen molar-refractivity contribution in [1.29, 1.82) is 0 Å². The Kier molecular flexibility index (Phi) is 4.67. The van der Waals surface area contributed by atoms with Crippen LogP contribution in [0.3, 0.4) is 0 Å². The first kappa shape index (κ1) is 20.6. The minimum absolute atomic E-state index is 0.0529. The van der Waals surface area contributed by atoms with E-state index in [0.717, 1.165) is 67.0 Å². The Balaban J connectivity index is 1.12. The summed E-state index contributed by atoms with van der Waals surface area (Å²) in [7, 11) is 0. The molecule has 0 unspecified atom stereocenters. The normalized spacial score (nSPS) is 19.3. The number of aromatic amines is 1. The molecule has 1 aliphatic carbocycles. The van der Waals surface area contributed by atoms with Crippen LogP contribution in [0, 0.1) is 11.3 Å². The van der Waals surface area contributed by atoms with Crippen molar-refractivity contribution < 1.29 is 9.53 Å². The van der Waals surface area contributed by atoms with Crippen molar-refractivity contribution in [3.63, 3.8) is 0 Å². The van der Waals surface area contributed by atoms with E-state index in [1.165, 1.54) is 5.69 Å². The first-order valence-electron chi connectivity index (χ1n) is 12.3. The minimum Gasteiger partial charge on any atom is -0.380 e. The number of carbonyl (C=O) groups is 1. The number of carbonyl (C=O) groups excluding carboxylic acids is 1. The number of anilines is 1. The van der Waals surface area contributed by atoms with Gasteiger partial charge in [-0.15, -0.1) is 0 Å². The number of hydrogen-bond donors (Lipinski definition) is 2. The number of rotatable bonds is 6. The fourth-order valence-corrected chi connectivity index (χ4v) is 5.37. The summed E-state index contributed by atoms with van der Waals surface area (Å²) in [4.78, 5) is 20.1. The van der Waals surface area contributed by atoms with Gasteiger partial charge in [0.15, 0.2) is 0 Å². The smallest absolute Gasteiger partial charge is 0.251 e. The maximum Gasteiger partial charge on any atom is 0.251 e. The fraction of sp³-hybridized carbons (Fsp3) is 0.321. The van der Waals surface area contributed by atoms with Crippen LogP contribution >= 0.6 is 0 Å². The topological polar surface area (TPSA) is 83.1 Å². The number of nitrogens with one attached hydrogen (secondary N) is 2. The standard InChI is InChI=1S/C28H27N5O2/c34-27(30-26(19-4-5-19)24-3-1-2-12-29-24)20-8-11-23-22(13-20)25(32-31-23)18-6-9-21(10-7-18)33-14-28(15-33)16-35-17-28/h1-3,6-13,19,26H,4-5,14-17H2,(H,30,34)(H,31,32)/t26-/m1/s1. The van der Waals surface area contributed by atoms with Gasteiger partial charge in [0, 0.05) is 41.5 Å². The highest BCUT2D eigenvalue weighted by Gasteiger charge is 2.49. The summed E-state index contributed by atoms with van der Waals surface area (Å²) in [6.45, 7) is 3.91. The lowest BCUT2D eigenvalue weighted by molar-refractivity contribution is -0.127. The Labute approximate surface area is 203 Å². The lowest BCUT2D eigenvalue weighted by Crippen LogP contribution is -2.66. The van der Waals surface area contributed by atoms with Crippen LogP contribution < -0.4 is 10.2 Å². The third kappa shape index (κ3) is 3.67. The molecule has 7 rings (SSSR count). The van der Waals surface area contributed by atoms with Gasteiger partial charge in [-0.05, 0) is 61.2 Å². The Morgan fingerprint density at radius 2 is 1.91 bits per heavy atom. The SMILES string of the molecule is O=C(N[C@@H](c1ccccn1)C1CC1)c1ccc2[nH]nc(-c3ccc(N4CC5(COC5)C4)cc3)c2c1. The molecule has 2 aromatic carbocycles. The zero-order valence-corrected chi connectivity index (χ0v) is 19.4. The highest BCUT2D eigenvalue weighted by atomic mass is 16.5. The summed E-state index contributed by atoms with van der Waals surface area (Å²) in [5.41, 5.74) is 5.98. The Hall–Kier alpha value is -3.71. The molecule has 2 N–H and O–H groups in total. The molecule has 1 spiro atoms. The molecule has 7 nitrogen and oxygen atoms in total. The second-order valence-corrected chi connectivity index (χ2v) is 10.3. The highest BCUT2D eigenvalue weighted by Crippen LogP contribution is 2.41. The van der Waals surface area contributed by atoms with Crippen LogP contribution in [-0.2, 0) is 4.74 Å². The van der Waals surface area contributed by atoms with Crippen LogP contribution in [0.2, 0.25) is 0 Å². The van der Waals surface area contributed by atoms with Crippen LogP contribution in [0.4, 0.5) is 5.69 Å². The van der Waals surface area contributed by atoms with E-state index >= 15 is 0 Å². The number of benzene rings is 2. The summed E-state index contributed by atoms with van der Waals surface area (Å²) in [5, 5.41) is 11.9. The summed E-state index contributed by atoms with van der Waals surface area (Å²) >= 11 is 0. The van der Waals surface area contributed by atoms with E-state index in [1.807, 2.05) is 36.4 Å². The molecule has 4 heterocycles. The second-order valence-electron chi connectivity index (χ2n) is 10.3. The molecule has 2 saturated heterocycles. The van der Waals surface area contributed by atoms with E-state index in [2.05, 4.69) is 49.7 Å². The Morgan fingerprint density at radius 1 is 1.09 bits per heavy atom. The van der Waals surface area contributed by atoms with Crippen LogP contribution in [0.1, 0.15) is 34.9 Å². The number of fused-ring (bicyclic) bond motifs is 1. The average molecular weight is 466 g/mol. The first-order chi connectivity index (χ1) is 17.2. The predicted molar refractivity (Wildman–Crippen MR) is 134 cm³/mol.